The molecule has 0 unspecified atom stereocenters. The molecule has 132 valence electrons. The summed E-state index contributed by atoms with van der Waals surface area (Å²) in [6.07, 6.45) is 4.89. The zero-order chi connectivity index (χ0) is 17.8. The molecule has 0 saturated carbocycles. The lowest BCUT2D eigenvalue weighted by molar-refractivity contribution is -0.150. The Morgan fingerprint density at radius 1 is 1.36 bits per heavy atom. The normalized spacial score (nSPS) is 29.8. The SMILES string of the molecule is COc1ccc2c(c1)O[C@@H](C)C1=C2CC[C@]2(C)C1=CC[C@@H]2OC(C)=O. The smallest absolute Gasteiger partial charge is 0.302 e. The van der Waals surface area contributed by atoms with Crippen LogP contribution in [0.25, 0.3) is 5.57 Å². The van der Waals surface area contributed by atoms with Gasteiger partial charge in [0.05, 0.1) is 7.11 Å². The maximum Gasteiger partial charge on any atom is 0.302 e. The molecule has 25 heavy (non-hydrogen) atoms. The molecule has 1 aliphatic heterocycles. The third kappa shape index (κ3) is 2.38. The van der Waals surface area contributed by atoms with E-state index in [1.54, 1.807) is 7.11 Å². The number of carbonyl (C=O) groups excluding carboxylic acids is 1. The Balaban J connectivity index is 1.78. The molecule has 0 aromatic heterocycles. The summed E-state index contributed by atoms with van der Waals surface area (Å²) < 4.78 is 17.2. The van der Waals surface area contributed by atoms with Gasteiger partial charge < -0.3 is 14.2 Å². The Morgan fingerprint density at radius 3 is 2.88 bits per heavy atom. The summed E-state index contributed by atoms with van der Waals surface area (Å²) >= 11 is 0. The van der Waals surface area contributed by atoms with E-state index in [0.717, 1.165) is 36.3 Å². The van der Waals surface area contributed by atoms with Gasteiger partial charge in [-0.15, -0.1) is 0 Å². The molecule has 1 heterocycles. The number of hydrogen-bond donors (Lipinski definition) is 0. The van der Waals surface area contributed by atoms with Gasteiger partial charge >= 0.3 is 5.97 Å². The van der Waals surface area contributed by atoms with Crippen molar-refractivity contribution in [3.05, 3.63) is 41.0 Å². The fourth-order valence-corrected chi connectivity index (χ4v) is 4.64. The standard InChI is InChI=1S/C21H24O4/c1-12-20-16(15-6-5-14(23-4)11-18(15)24-12)9-10-21(3)17(20)7-8-19(21)25-13(2)22/h5-7,11-12,19H,8-10H2,1-4H3/t12-,19-,21+/m0/s1. The maximum atomic E-state index is 11.5. The van der Waals surface area contributed by atoms with E-state index in [1.165, 1.54) is 23.6 Å². The van der Waals surface area contributed by atoms with Crippen molar-refractivity contribution < 1.29 is 19.0 Å². The van der Waals surface area contributed by atoms with Crippen molar-refractivity contribution in [3.8, 4) is 11.5 Å². The van der Waals surface area contributed by atoms with Crippen molar-refractivity contribution in [3.63, 3.8) is 0 Å². The van der Waals surface area contributed by atoms with Gasteiger partial charge in [-0.1, -0.05) is 13.0 Å². The van der Waals surface area contributed by atoms with E-state index in [9.17, 15) is 4.79 Å². The second-order valence-corrected chi connectivity index (χ2v) is 7.38. The molecule has 3 atom stereocenters. The predicted molar refractivity (Wildman–Crippen MR) is 95.6 cm³/mol. The quantitative estimate of drug-likeness (QED) is 0.753. The minimum atomic E-state index is -0.203. The first-order valence-electron chi connectivity index (χ1n) is 8.90. The second kappa shape index (κ2) is 5.65. The van der Waals surface area contributed by atoms with Crippen LogP contribution in [-0.2, 0) is 9.53 Å². The first-order chi connectivity index (χ1) is 11.9. The van der Waals surface area contributed by atoms with Crippen molar-refractivity contribution >= 4 is 11.5 Å². The van der Waals surface area contributed by atoms with Gasteiger partial charge in [0.15, 0.2) is 0 Å². The van der Waals surface area contributed by atoms with Crippen LogP contribution in [0.4, 0.5) is 0 Å². The van der Waals surface area contributed by atoms with Gasteiger partial charge in [0.2, 0.25) is 0 Å². The molecule has 0 N–H and O–H groups in total. The minimum absolute atomic E-state index is 0.0171. The Morgan fingerprint density at radius 2 is 2.16 bits per heavy atom. The number of hydrogen-bond acceptors (Lipinski definition) is 4. The van der Waals surface area contributed by atoms with Crippen LogP contribution in [-0.4, -0.2) is 25.3 Å². The van der Waals surface area contributed by atoms with Crippen molar-refractivity contribution in [1.29, 1.82) is 0 Å². The lowest BCUT2D eigenvalue weighted by Gasteiger charge is -2.43. The lowest BCUT2D eigenvalue weighted by atomic mass is 9.66. The summed E-state index contributed by atoms with van der Waals surface area (Å²) in [4.78, 5) is 11.5. The fourth-order valence-electron chi connectivity index (χ4n) is 4.64. The molecule has 2 aliphatic carbocycles. The largest absolute Gasteiger partial charge is 0.497 e. The number of ether oxygens (including phenoxy) is 3. The zero-order valence-corrected chi connectivity index (χ0v) is 15.2. The molecular weight excluding hydrogens is 316 g/mol. The van der Waals surface area contributed by atoms with Crippen LogP contribution in [0.5, 0.6) is 11.5 Å². The van der Waals surface area contributed by atoms with Crippen LogP contribution in [0, 0.1) is 5.41 Å². The molecule has 0 radical (unpaired) electrons. The number of carbonyl (C=O) groups is 1. The predicted octanol–water partition coefficient (Wildman–Crippen LogP) is 4.29. The molecule has 4 nitrogen and oxygen atoms in total. The van der Waals surface area contributed by atoms with Crippen LogP contribution in [0.1, 0.15) is 45.6 Å². The topological polar surface area (TPSA) is 44.8 Å². The van der Waals surface area contributed by atoms with Crippen molar-refractivity contribution in [2.45, 2.75) is 52.2 Å². The number of rotatable bonds is 2. The molecule has 1 aromatic carbocycles. The summed E-state index contributed by atoms with van der Waals surface area (Å²) in [5.41, 5.74) is 4.98. The molecule has 0 amide bonds. The van der Waals surface area contributed by atoms with E-state index >= 15 is 0 Å². The summed E-state index contributed by atoms with van der Waals surface area (Å²) in [5, 5.41) is 0. The maximum absolute atomic E-state index is 11.5. The molecule has 4 rings (SSSR count). The van der Waals surface area contributed by atoms with E-state index < -0.39 is 0 Å². The van der Waals surface area contributed by atoms with Crippen LogP contribution in [0.3, 0.4) is 0 Å². The van der Waals surface area contributed by atoms with Gasteiger partial charge in [0.25, 0.3) is 0 Å². The van der Waals surface area contributed by atoms with Gasteiger partial charge in [0.1, 0.15) is 23.7 Å². The third-order valence-electron chi connectivity index (χ3n) is 5.90. The average Bonchev–Trinajstić information content (AvgIpc) is 2.90. The Kier molecular flexibility index (Phi) is 3.67. The Bertz CT molecular complexity index is 804. The van der Waals surface area contributed by atoms with E-state index in [4.69, 9.17) is 14.2 Å². The second-order valence-electron chi connectivity index (χ2n) is 7.38. The van der Waals surface area contributed by atoms with Crippen molar-refractivity contribution in [2.24, 2.45) is 5.41 Å². The minimum Gasteiger partial charge on any atom is -0.497 e. The average molecular weight is 340 g/mol. The van der Waals surface area contributed by atoms with Gasteiger partial charge in [-0.05, 0) is 48.6 Å². The number of methoxy groups -OCH3 is 1. The molecule has 0 saturated heterocycles. The van der Waals surface area contributed by atoms with Crippen LogP contribution in [0.2, 0.25) is 0 Å². The van der Waals surface area contributed by atoms with Crippen molar-refractivity contribution in [2.75, 3.05) is 7.11 Å². The number of esters is 1. The van der Waals surface area contributed by atoms with Gasteiger partial charge in [-0.25, -0.2) is 0 Å². The number of benzene rings is 1. The van der Waals surface area contributed by atoms with Crippen molar-refractivity contribution in [1.82, 2.24) is 0 Å². The molecule has 0 bridgehead atoms. The molecule has 4 heteroatoms. The lowest BCUT2D eigenvalue weighted by Crippen LogP contribution is -2.39. The van der Waals surface area contributed by atoms with E-state index in [2.05, 4.69) is 26.0 Å². The number of allylic oxidation sites excluding steroid dienone is 1. The molecule has 0 fully saturated rings. The number of fused-ring (bicyclic) bond motifs is 4. The van der Waals surface area contributed by atoms with Crippen LogP contribution < -0.4 is 9.47 Å². The van der Waals surface area contributed by atoms with E-state index in [1.807, 2.05) is 12.1 Å². The van der Waals surface area contributed by atoms with E-state index in [0.29, 0.717) is 0 Å². The zero-order valence-electron chi connectivity index (χ0n) is 15.2. The third-order valence-corrected chi connectivity index (χ3v) is 5.90. The highest BCUT2D eigenvalue weighted by atomic mass is 16.5. The molecule has 3 aliphatic rings. The van der Waals surface area contributed by atoms with Crippen LogP contribution >= 0.6 is 0 Å². The van der Waals surface area contributed by atoms with Gasteiger partial charge in [-0.2, -0.15) is 0 Å². The molecule has 0 spiro atoms. The van der Waals surface area contributed by atoms with E-state index in [-0.39, 0.29) is 23.6 Å². The summed E-state index contributed by atoms with van der Waals surface area (Å²) in [7, 11) is 1.67. The van der Waals surface area contributed by atoms with Gasteiger partial charge in [-0.3, -0.25) is 4.79 Å². The highest BCUT2D eigenvalue weighted by Crippen LogP contribution is 2.57. The van der Waals surface area contributed by atoms with Gasteiger partial charge in [0, 0.05) is 30.4 Å². The highest BCUT2D eigenvalue weighted by Gasteiger charge is 2.49. The first kappa shape index (κ1) is 16.2. The Labute approximate surface area is 148 Å². The fraction of sp³-hybridized carbons (Fsp3) is 0.476. The molecular formula is C21H24O4. The summed E-state index contributed by atoms with van der Waals surface area (Å²) in [5.74, 6) is 1.50. The van der Waals surface area contributed by atoms with Crippen LogP contribution in [0.15, 0.2) is 35.4 Å². The highest BCUT2D eigenvalue weighted by molar-refractivity contribution is 5.81. The Hall–Kier alpha value is -2.23. The first-order valence-corrected chi connectivity index (χ1v) is 8.90. The monoisotopic (exact) mass is 340 g/mol. The summed E-state index contributed by atoms with van der Waals surface area (Å²) in [6, 6.07) is 6.05. The summed E-state index contributed by atoms with van der Waals surface area (Å²) in [6.45, 7) is 5.81. The molecule has 1 aromatic rings.